The fraction of sp³-hybridized carbons (Fsp3) is 0.333. The van der Waals surface area contributed by atoms with E-state index in [1.165, 1.54) is 10.4 Å². The van der Waals surface area contributed by atoms with Crippen molar-refractivity contribution in [3.05, 3.63) is 49.8 Å². The van der Waals surface area contributed by atoms with Crippen molar-refractivity contribution in [1.82, 2.24) is 9.97 Å². The third-order valence-corrected chi connectivity index (χ3v) is 5.48. The van der Waals surface area contributed by atoms with Gasteiger partial charge in [-0.25, -0.2) is 0 Å². The molecule has 0 spiro atoms. The van der Waals surface area contributed by atoms with Crippen molar-refractivity contribution in [2.75, 3.05) is 0 Å². The molecule has 2 heterocycles. The van der Waals surface area contributed by atoms with Crippen LogP contribution in [0.25, 0.3) is 21.3 Å². The summed E-state index contributed by atoms with van der Waals surface area (Å²) in [6.45, 7) is 8.71. The van der Waals surface area contributed by atoms with E-state index in [4.69, 9.17) is 12.2 Å². The van der Waals surface area contributed by atoms with Gasteiger partial charge >= 0.3 is 0 Å². The van der Waals surface area contributed by atoms with Crippen molar-refractivity contribution >= 4 is 33.8 Å². The summed E-state index contributed by atoms with van der Waals surface area (Å²) in [4.78, 5) is 20.3. The van der Waals surface area contributed by atoms with Crippen LogP contribution in [0.2, 0.25) is 0 Å². The number of aromatic amines is 2. The lowest BCUT2D eigenvalue weighted by molar-refractivity contribution is 0.590. The first-order chi connectivity index (χ1) is 10.8. The van der Waals surface area contributed by atoms with Gasteiger partial charge in [-0.2, -0.15) is 0 Å². The monoisotopic (exact) mass is 344 g/mol. The molecular formula is C18H20N2OS2. The van der Waals surface area contributed by atoms with Crippen LogP contribution in [0.15, 0.2) is 29.1 Å². The van der Waals surface area contributed by atoms with Gasteiger partial charge in [-0.3, -0.25) is 9.78 Å². The lowest BCUT2D eigenvalue weighted by atomic mass is 9.86. The number of thiophene rings is 1. The lowest BCUT2D eigenvalue weighted by Gasteiger charge is -2.19. The van der Waals surface area contributed by atoms with Crippen molar-refractivity contribution in [1.29, 1.82) is 0 Å². The molecule has 5 heteroatoms. The van der Waals surface area contributed by atoms with Crippen LogP contribution in [-0.2, 0) is 11.8 Å². The molecule has 0 amide bonds. The number of benzene rings is 1. The zero-order valence-electron chi connectivity index (χ0n) is 13.7. The van der Waals surface area contributed by atoms with E-state index in [0.29, 0.717) is 10.2 Å². The second kappa shape index (κ2) is 5.73. The Hall–Kier alpha value is -1.72. The van der Waals surface area contributed by atoms with Gasteiger partial charge in [0.05, 0.1) is 5.39 Å². The fourth-order valence-electron chi connectivity index (χ4n) is 2.77. The van der Waals surface area contributed by atoms with E-state index in [0.717, 1.165) is 22.4 Å². The Labute approximate surface area is 144 Å². The third kappa shape index (κ3) is 2.91. The van der Waals surface area contributed by atoms with E-state index >= 15 is 0 Å². The van der Waals surface area contributed by atoms with Gasteiger partial charge in [0.15, 0.2) is 4.77 Å². The lowest BCUT2D eigenvalue weighted by Crippen LogP contribution is -2.10. The summed E-state index contributed by atoms with van der Waals surface area (Å²) in [7, 11) is 0. The second-order valence-electron chi connectivity index (χ2n) is 6.69. The number of fused-ring (bicyclic) bond motifs is 1. The van der Waals surface area contributed by atoms with Crippen LogP contribution in [0.4, 0.5) is 0 Å². The van der Waals surface area contributed by atoms with Crippen LogP contribution in [0, 0.1) is 4.77 Å². The molecule has 0 radical (unpaired) electrons. The topological polar surface area (TPSA) is 48.6 Å². The van der Waals surface area contributed by atoms with Crippen molar-refractivity contribution in [3.63, 3.8) is 0 Å². The largest absolute Gasteiger partial charge is 0.323 e. The van der Waals surface area contributed by atoms with Crippen molar-refractivity contribution in [2.24, 2.45) is 0 Å². The highest BCUT2D eigenvalue weighted by Crippen LogP contribution is 2.37. The molecule has 2 aromatic heterocycles. The molecule has 0 atom stereocenters. The fourth-order valence-corrected chi connectivity index (χ4v) is 4.20. The van der Waals surface area contributed by atoms with Crippen LogP contribution in [0.1, 0.15) is 38.1 Å². The molecule has 1 aromatic carbocycles. The number of hydrogen-bond donors (Lipinski definition) is 2. The molecule has 0 saturated heterocycles. The summed E-state index contributed by atoms with van der Waals surface area (Å²) in [6, 6.07) is 8.53. The Balaban J connectivity index is 2.27. The van der Waals surface area contributed by atoms with Crippen molar-refractivity contribution in [2.45, 2.75) is 39.5 Å². The van der Waals surface area contributed by atoms with Crippen LogP contribution in [-0.4, -0.2) is 9.97 Å². The average molecular weight is 345 g/mol. The van der Waals surface area contributed by atoms with Gasteiger partial charge < -0.3 is 4.98 Å². The quantitative estimate of drug-likeness (QED) is 0.630. The SMILES string of the molecule is CCc1sc2[nH]c(=S)[nH]c(=O)c2c1-c1ccc(C(C)(C)C)cc1. The van der Waals surface area contributed by atoms with Crippen molar-refractivity contribution < 1.29 is 0 Å². The number of H-pyrrole nitrogens is 2. The van der Waals surface area contributed by atoms with Gasteiger partial charge in [0, 0.05) is 10.4 Å². The molecule has 0 aliphatic carbocycles. The minimum absolute atomic E-state index is 0.116. The summed E-state index contributed by atoms with van der Waals surface area (Å²) >= 11 is 6.70. The molecule has 3 nitrogen and oxygen atoms in total. The predicted octanol–water partition coefficient (Wildman–Crippen LogP) is 5.17. The van der Waals surface area contributed by atoms with E-state index in [-0.39, 0.29) is 11.0 Å². The molecule has 0 bridgehead atoms. The highest BCUT2D eigenvalue weighted by Gasteiger charge is 2.18. The molecule has 0 saturated carbocycles. The molecule has 0 fully saturated rings. The number of rotatable bonds is 2. The highest BCUT2D eigenvalue weighted by atomic mass is 32.1. The summed E-state index contributed by atoms with van der Waals surface area (Å²) < 4.78 is 0.376. The van der Waals surface area contributed by atoms with Crippen LogP contribution < -0.4 is 5.56 Å². The molecule has 0 aliphatic heterocycles. The van der Waals surface area contributed by atoms with Crippen LogP contribution >= 0.6 is 23.6 Å². The van der Waals surface area contributed by atoms with Gasteiger partial charge in [-0.15, -0.1) is 11.3 Å². The average Bonchev–Trinajstić information content (AvgIpc) is 2.85. The molecule has 23 heavy (non-hydrogen) atoms. The van der Waals surface area contributed by atoms with E-state index in [2.05, 4.69) is 61.9 Å². The van der Waals surface area contributed by atoms with E-state index in [1.807, 2.05) is 0 Å². The summed E-state index contributed by atoms with van der Waals surface area (Å²) in [6.07, 6.45) is 0.885. The van der Waals surface area contributed by atoms with E-state index in [9.17, 15) is 4.79 Å². The maximum Gasteiger partial charge on any atom is 0.261 e. The zero-order valence-corrected chi connectivity index (χ0v) is 15.4. The van der Waals surface area contributed by atoms with Gasteiger partial charge in [-0.1, -0.05) is 52.0 Å². The third-order valence-electron chi connectivity index (χ3n) is 4.02. The Morgan fingerprint density at radius 1 is 1.13 bits per heavy atom. The minimum atomic E-state index is -0.116. The Morgan fingerprint density at radius 2 is 1.78 bits per heavy atom. The molecular weight excluding hydrogens is 324 g/mol. The normalized spacial score (nSPS) is 12.0. The van der Waals surface area contributed by atoms with Gasteiger partial charge in [0.25, 0.3) is 5.56 Å². The first-order valence-electron chi connectivity index (χ1n) is 7.70. The summed E-state index contributed by atoms with van der Waals surface area (Å²) in [5, 5.41) is 0.712. The molecule has 2 N–H and O–H groups in total. The second-order valence-corrected chi connectivity index (χ2v) is 8.21. The van der Waals surface area contributed by atoms with Crippen LogP contribution in [0.3, 0.4) is 0 Å². The number of aromatic nitrogens is 2. The first kappa shape index (κ1) is 16.1. The van der Waals surface area contributed by atoms with Gasteiger partial charge in [0.1, 0.15) is 4.83 Å². The number of nitrogens with one attached hydrogen (secondary N) is 2. The van der Waals surface area contributed by atoms with Gasteiger partial charge in [0.2, 0.25) is 0 Å². The Morgan fingerprint density at radius 3 is 2.35 bits per heavy atom. The number of hydrogen-bond acceptors (Lipinski definition) is 3. The predicted molar refractivity (Wildman–Crippen MR) is 101 cm³/mol. The van der Waals surface area contributed by atoms with E-state index in [1.54, 1.807) is 11.3 Å². The standard InChI is InChI=1S/C18H20N2OS2/c1-5-12-13(10-6-8-11(9-7-10)18(2,3)4)14-15(21)19-17(22)20-16(14)23-12/h6-9H,5H2,1-4H3,(H2,19,20,21,22). The number of aryl methyl sites for hydroxylation is 1. The molecule has 3 rings (SSSR count). The summed E-state index contributed by atoms with van der Waals surface area (Å²) in [5.74, 6) is 0. The maximum absolute atomic E-state index is 12.4. The van der Waals surface area contributed by atoms with Crippen LogP contribution in [0.5, 0.6) is 0 Å². The maximum atomic E-state index is 12.4. The molecule has 0 aliphatic rings. The molecule has 0 unspecified atom stereocenters. The zero-order chi connectivity index (χ0) is 16.8. The Bertz CT molecular complexity index is 969. The van der Waals surface area contributed by atoms with Gasteiger partial charge in [-0.05, 0) is 35.2 Å². The minimum Gasteiger partial charge on any atom is -0.323 e. The highest BCUT2D eigenvalue weighted by molar-refractivity contribution is 7.71. The van der Waals surface area contributed by atoms with Crippen molar-refractivity contribution in [3.8, 4) is 11.1 Å². The smallest absolute Gasteiger partial charge is 0.261 e. The van der Waals surface area contributed by atoms with E-state index < -0.39 is 0 Å². The Kier molecular flexibility index (Phi) is 4.02. The molecule has 120 valence electrons. The molecule has 3 aromatic rings. The summed E-state index contributed by atoms with van der Waals surface area (Å²) in [5.41, 5.74) is 3.39. The first-order valence-corrected chi connectivity index (χ1v) is 8.92.